The maximum absolute atomic E-state index is 13.8. The number of piperazine rings is 1. The van der Waals surface area contributed by atoms with Crippen molar-refractivity contribution in [1.82, 2.24) is 20.3 Å². The van der Waals surface area contributed by atoms with Gasteiger partial charge in [0.15, 0.2) is 0 Å². The van der Waals surface area contributed by atoms with Gasteiger partial charge in [-0.2, -0.15) is 0 Å². The van der Waals surface area contributed by atoms with Gasteiger partial charge in [-0.3, -0.25) is 14.4 Å². The Kier molecular flexibility index (Phi) is 11.3. The molecule has 45 heavy (non-hydrogen) atoms. The number of nitrogens with one attached hydrogen (secondary N) is 1. The zero-order chi connectivity index (χ0) is 32.4. The lowest BCUT2D eigenvalue weighted by atomic mass is 10.0. The summed E-state index contributed by atoms with van der Waals surface area (Å²) >= 11 is 0. The van der Waals surface area contributed by atoms with E-state index in [1.807, 2.05) is 66.7 Å². The highest BCUT2D eigenvalue weighted by Crippen LogP contribution is 2.26. The van der Waals surface area contributed by atoms with Crippen LogP contribution in [-0.2, 0) is 23.9 Å². The number of amides is 2. The highest BCUT2D eigenvalue weighted by atomic mass is 16.8. The number of nitrogens with zero attached hydrogens (tertiary/aromatic N) is 3. The highest BCUT2D eigenvalue weighted by Gasteiger charge is 2.31. The molecule has 238 valence electrons. The van der Waals surface area contributed by atoms with Crippen LogP contribution in [0.4, 0.5) is 4.79 Å². The van der Waals surface area contributed by atoms with E-state index in [2.05, 4.69) is 10.3 Å². The topological polar surface area (TPSA) is 127 Å². The second kappa shape index (κ2) is 15.3. The number of aromatic nitrogens is 1. The summed E-state index contributed by atoms with van der Waals surface area (Å²) in [6.07, 6.45) is -0.852. The molecule has 1 atom stereocenters. The van der Waals surface area contributed by atoms with Crippen LogP contribution in [0.25, 0.3) is 22.4 Å². The lowest BCUT2D eigenvalue weighted by Gasteiger charge is -2.35. The van der Waals surface area contributed by atoms with Crippen LogP contribution < -0.4 is 5.32 Å². The van der Waals surface area contributed by atoms with Gasteiger partial charge in [0.25, 0.3) is 5.91 Å². The Morgan fingerprint density at radius 3 is 2.09 bits per heavy atom. The lowest BCUT2D eigenvalue weighted by molar-refractivity contribution is -0.158. The van der Waals surface area contributed by atoms with Crippen molar-refractivity contribution in [3.63, 3.8) is 0 Å². The number of hydroxylamine groups is 2. The molecule has 4 rings (SSSR count). The van der Waals surface area contributed by atoms with Crippen molar-refractivity contribution in [2.75, 3.05) is 32.8 Å². The Morgan fingerprint density at radius 1 is 0.867 bits per heavy atom. The van der Waals surface area contributed by atoms with Crippen LogP contribution in [0.15, 0.2) is 72.8 Å². The number of carbonyl (C=O) groups excluding carboxylic acids is 4. The number of rotatable bonds is 10. The van der Waals surface area contributed by atoms with Gasteiger partial charge in [0.2, 0.25) is 5.91 Å². The van der Waals surface area contributed by atoms with Crippen molar-refractivity contribution in [3.05, 3.63) is 78.5 Å². The van der Waals surface area contributed by atoms with Crippen molar-refractivity contribution in [3.8, 4) is 22.4 Å². The third kappa shape index (κ3) is 9.87. The van der Waals surface area contributed by atoms with Crippen LogP contribution in [0.5, 0.6) is 0 Å². The summed E-state index contributed by atoms with van der Waals surface area (Å²) in [6.45, 7) is 8.19. The molecule has 0 saturated carbocycles. The van der Waals surface area contributed by atoms with E-state index in [4.69, 9.17) is 14.3 Å². The minimum atomic E-state index is -1.02. The summed E-state index contributed by atoms with van der Waals surface area (Å²) in [5, 5.41) is 4.28. The average Bonchev–Trinajstić information content (AvgIpc) is 3.03. The van der Waals surface area contributed by atoms with Gasteiger partial charge in [-0.05, 0) is 57.4 Å². The van der Waals surface area contributed by atoms with Crippen LogP contribution in [0, 0.1) is 0 Å². The average molecular weight is 617 g/mol. The van der Waals surface area contributed by atoms with Crippen molar-refractivity contribution in [2.24, 2.45) is 0 Å². The Bertz CT molecular complexity index is 1410. The van der Waals surface area contributed by atoms with Crippen molar-refractivity contribution in [2.45, 2.75) is 52.2 Å². The van der Waals surface area contributed by atoms with E-state index in [9.17, 15) is 19.2 Å². The standard InChI is InChI=1S/C34H40N4O7/c1-5-43-33(42)45-38-20-18-37(19-21-38)32(41)27(16-17-30(39)44-34(2,3)4)36-31(40)29-23-26(24-12-8-6-9-13-24)22-28(35-29)25-14-10-7-11-15-25/h6-15,22-23,27H,5,16-21H2,1-4H3,(H,36,40)/t27-/m0/s1. The summed E-state index contributed by atoms with van der Waals surface area (Å²) in [4.78, 5) is 63.2. The molecular formula is C34H40N4O7. The first-order valence-electron chi connectivity index (χ1n) is 15.1. The van der Waals surface area contributed by atoms with Gasteiger partial charge >= 0.3 is 12.1 Å². The number of hydrogen-bond acceptors (Lipinski definition) is 9. The van der Waals surface area contributed by atoms with Crippen LogP contribution in [0.3, 0.4) is 0 Å². The molecule has 1 N–H and O–H groups in total. The fourth-order valence-corrected chi connectivity index (χ4v) is 4.82. The maximum Gasteiger partial charge on any atom is 0.527 e. The predicted molar refractivity (Wildman–Crippen MR) is 168 cm³/mol. The number of pyridine rings is 1. The summed E-state index contributed by atoms with van der Waals surface area (Å²) < 4.78 is 10.3. The largest absolute Gasteiger partial charge is 0.527 e. The first-order chi connectivity index (χ1) is 21.5. The van der Waals surface area contributed by atoms with Crippen molar-refractivity contribution in [1.29, 1.82) is 0 Å². The van der Waals surface area contributed by atoms with E-state index in [0.717, 1.165) is 16.7 Å². The van der Waals surface area contributed by atoms with Crippen LogP contribution in [-0.4, -0.2) is 83.3 Å². The minimum absolute atomic E-state index is 0.0307. The Labute approximate surface area is 263 Å². The normalized spacial score (nSPS) is 14.3. The summed E-state index contributed by atoms with van der Waals surface area (Å²) in [5.74, 6) is -1.38. The van der Waals surface area contributed by atoms with Gasteiger partial charge < -0.3 is 24.5 Å². The first-order valence-corrected chi connectivity index (χ1v) is 15.1. The maximum atomic E-state index is 13.8. The molecule has 11 heteroatoms. The van der Waals surface area contributed by atoms with E-state index in [1.54, 1.807) is 38.7 Å². The molecular weight excluding hydrogens is 576 g/mol. The molecule has 3 aromatic rings. The van der Waals surface area contributed by atoms with E-state index in [1.165, 1.54) is 5.06 Å². The SMILES string of the molecule is CCOC(=O)ON1CCN(C(=O)[C@H](CCC(=O)OC(C)(C)C)NC(=O)c2cc(-c3ccccc3)cc(-c3ccccc3)n2)CC1. The quantitative estimate of drug-likeness (QED) is 0.318. The fraction of sp³-hybridized carbons (Fsp3) is 0.382. The van der Waals surface area contributed by atoms with E-state index >= 15 is 0 Å². The number of carbonyl (C=O) groups is 4. The monoisotopic (exact) mass is 616 g/mol. The molecule has 1 aliphatic heterocycles. The number of hydrogen-bond donors (Lipinski definition) is 1. The second-order valence-corrected chi connectivity index (χ2v) is 11.5. The zero-order valence-corrected chi connectivity index (χ0v) is 26.2. The first kappa shape index (κ1) is 33.1. The summed E-state index contributed by atoms with van der Waals surface area (Å²) in [7, 11) is 0. The Hall–Kier alpha value is -4.77. The molecule has 2 heterocycles. The van der Waals surface area contributed by atoms with Gasteiger partial charge in [0.1, 0.15) is 17.3 Å². The smallest absolute Gasteiger partial charge is 0.460 e. The predicted octanol–water partition coefficient (Wildman–Crippen LogP) is 4.87. The molecule has 2 aromatic carbocycles. The van der Waals surface area contributed by atoms with Gasteiger partial charge in [0, 0.05) is 25.1 Å². The highest BCUT2D eigenvalue weighted by molar-refractivity contribution is 5.97. The zero-order valence-electron chi connectivity index (χ0n) is 26.2. The van der Waals surface area contributed by atoms with Crippen LogP contribution in [0.1, 0.15) is 51.0 Å². The van der Waals surface area contributed by atoms with E-state index in [0.29, 0.717) is 5.69 Å². The van der Waals surface area contributed by atoms with E-state index in [-0.39, 0.29) is 57.2 Å². The molecule has 1 saturated heterocycles. The van der Waals surface area contributed by atoms with Gasteiger partial charge in [-0.15, -0.1) is 5.06 Å². The Morgan fingerprint density at radius 2 is 1.49 bits per heavy atom. The fourth-order valence-electron chi connectivity index (χ4n) is 4.82. The van der Waals surface area contributed by atoms with Gasteiger partial charge in [-0.25, -0.2) is 9.78 Å². The second-order valence-electron chi connectivity index (χ2n) is 11.5. The lowest BCUT2D eigenvalue weighted by Crippen LogP contribution is -2.55. The number of benzene rings is 2. The number of esters is 1. The van der Waals surface area contributed by atoms with E-state index < -0.39 is 29.7 Å². The van der Waals surface area contributed by atoms with Crippen LogP contribution >= 0.6 is 0 Å². The van der Waals surface area contributed by atoms with Gasteiger partial charge in [-0.1, -0.05) is 60.7 Å². The number of ether oxygens (including phenoxy) is 2. The molecule has 0 aliphatic carbocycles. The molecule has 1 fully saturated rings. The van der Waals surface area contributed by atoms with Crippen molar-refractivity contribution >= 4 is 23.9 Å². The molecule has 0 unspecified atom stereocenters. The van der Waals surface area contributed by atoms with Gasteiger partial charge in [0.05, 0.1) is 25.4 Å². The van der Waals surface area contributed by atoms with Crippen LogP contribution in [0.2, 0.25) is 0 Å². The molecule has 1 aliphatic rings. The Balaban J connectivity index is 1.56. The molecule has 11 nitrogen and oxygen atoms in total. The summed E-state index contributed by atoms with van der Waals surface area (Å²) in [6, 6.07) is 21.8. The molecule has 2 amide bonds. The third-order valence-corrected chi connectivity index (χ3v) is 6.91. The molecule has 1 aromatic heterocycles. The summed E-state index contributed by atoms with van der Waals surface area (Å²) in [5.41, 5.74) is 2.60. The molecule has 0 spiro atoms. The van der Waals surface area contributed by atoms with Crippen molar-refractivity contribution < 1.29 is 33.5 Å². The molecule has 0 radical (unpaired) electrons. The third-order valence-electron chi connectivity index (χ3n) is 6.91. The minimum Gasteiger partial charge on any atom is -0.460 e. The molecule has 0 bridgehead atoms.